The molecular weight excluding hydrogens is 358 g/mol. The first-order valence-electron chi connectivity index (χ1n) is 11.4. The third-order valence-electron chi connectivity index (χ3n) is 6.77. The molecule has 3 rings (SSSR count). The Morgan fingerprint density at radius 3 is 2.07 bits per heavy atom. The van der Waals surface area contributed by atoms with E-state index in [2.05, 4.69) is 6.92 Å². The van der Waals surface area contributed by atoms with E-state index < -0.39 is 11.6 Å². The molecule has 2 aliphatic rings. The van der Waals surface area contributed by atoms with Crippen LogP contribution < -0.4 is 9.47 Å². The average molecular weight is 395 g/mol. The van der Waals surface area contributed by atoms with Crippen molar-refractivity contribution in [3.05, 3.63) is 23.8 Å². The Morgan fingerprint density at radius 1 is 0.821 bits per heavy atom. The molecule has 0 radical (unpaired) electrons. The Labute approximate surface area is 169 Å². The number of benzene rings is 1. The minimum atomic E-state index is -0.938. The van der Waals surface area contributed by atoms with E-state index in [1.54, 1.807) is 0 Å². The second-order valence-corrected chi connectivity index (χ2v) is 8.87. The van der Waals surface area contributed by atoms with E-state index in [4.69, 9.17) is 9.47 Å². The standard InChI is InChI=1S/C24H36F2O2/c1-3-5-13-27-21-11-12-22(24(26)23(21)25)28-16-18-8-10-19-14-17(6-4-2)7-9-20(19)15-18/h11-12,17-20H,3-10,13-16H2,1-2H3. The van der Waals surface area contributed by atoms with Gasteiger partial charge in [0.05, 0.1) is 13.2 Å². The first-order valence-corrected chi connectivity index (χ1v) is 11.4. The van der Waals surface area contributed by atoms with Crippen LogP contribution in [0, 0.1) is 35.3 Å². The number of fused-ring (bicyclic) bond motifs is 1. The molecule has 2 fully saturated rings. The highest BCUT2D eigenvalue weighted by atomic mass is 19.2. The van der Waals surface area contributed by atoms with Crippen molar-refractivity contribution in [3.8, 4) is 11.5 Å². The molecule has 4 heteroatoms. The highest BCUT2D eigenvalue weighted by molar-refractivity contribution is 5.35. The molecule has 4 unspecified atom stereocenters. The fraction of sp³-hybridized carbons (Fsp3) is 0.750. The van der Waals surface area contributed by atoms with Crippen molar-refractivity contribution >= 4 is 0 Å². The summed E-state index contributed by atoms with van der Waals surface area (Å²) < 4.78 is 39.6. The maximum Gasteiger partial charge on any atom is 0.204 e. The summed E-state index contributed by atoms with van der Waals surface area (Å²) in [4.78, 5) is 0. The van der Waals surface area contributed by atoms with Crippen molar-refractivity contribution in [3.63, 3.8) is 0 Å². The first-order chi connectivity index (χ1) is 13.6. The lowest BCUT2D eigenvalue weighted by atomic mass is 9.64. The molecule has 0 saturated heterocycles. The van der Waals surface area contributed by atoms with Gasteiger partial charge in [0, 0.05) is 0 Å². The third kappa shape index (κ3) is 5.39. The van der Waals surface area contributed by atoms with Crippen molar-refractivity contribution < 1.29 is 18.3 Å². The molecule has 4 atom stereocenters. The number of halogens is 2. The third-order valence-corrected chi connectivity index (χ3v) is 6.77. The van der Waals surface area contributed by atoms with Crippen molar-refractivity contribution in [2.75, 3.05) is 13.2 Å². The van der Waals surface area contributed by atoms with Crippen LogP contribution in [0.25, 0.3) is 0 Å². The Hall–Kier alpha value is -1.32. The number of ether oxygens (including phenoxy) is 2. The normalized spacial score (nSPS) is 27.3. The van der Waals surface area contributed by atoms with Gasteiger partial charge in [0.2, 0.25) is 11.6 Å². The molecule has 0 N–H and O–H groups in total. The number of rotatable bonds is 9. The second kappa shape index (κ2) is 10.5. The predicted octanol–water partition coefficient (Wildman–Crippen LogP) is 7.16. The predicted molar refractivity (Wildman–Crippen MR) is 109 cm³/mol. The number of unbranched alkanes of at least 4 members (excludes halogenated alkanes) is 1. The van der Waals surface area contributed by atoms with E-state index in [-0.39, 0.29) is 11.5 Å². The summed E-state index contributed by atoms with van der Waals surface area (Å²) in [7, 11) is 0. The molecule has 2 aliphatic carbocycles. The van der Waals surface area contributed by atoms with E-state index in [9.17, 15) is 8.78 Å². The molecule has 0 amide bonds. The van der Waals surface area contributed by atoms with Gasteiger partial charge in [-0.1, -0.05) is 39.5 Å². The SMILES string of the molecule is CCCCOc1ccc(OCC2CCC3CC(CCC)CCC3C2)c(F)c1F. The smallest absolute Gasteiger partial charge is 0.204 e. The summed E-state index contributed by atoms with van der Waals surface area (Å²) in [6, 6.07) is 2.98. The van der Waals surface area contributed by atoms with Crippen molar-refractivity contribution in [2.45, 2.75) is 78.1 Å². The molecule has 2 saturated carbocycles. The Bertz CT molecular complexity index is 619. The molecule has 158 valence electrons. The fourth-order valence-corrected chi connectivity index (χ4v) is 5.18. The zero-order chi connectivity index (χ0) is 19.9. The fourth-order valence-electron chi connectivity index (χ4n) is 5.18. The van der Waals surface area contributed by atoms with E-state index in [1.165, 1.54) is 57.1 Å². The van der Waals surface area contributed by atoms with E-state index in [0.29, 0.717) is 19.1 Å². The van der Waals surface area contributed by atoms with Gasteiger partial charge < -0.3 is 9.47 Å². The lowest BCUT2D eigenvalue weighted by Crippen LogP contribution is -2.33. The second-order valence-electron chi connectivity index (χ2n) is 8.87. The van der Waals surface area contributed by atoms with Gasteiger partial charge >= 0.3 is 0 Å². The molecule has 0 bridgehead atoms. The lowest BCUT2D eigenvalue weighted by molar-refractivity contribution is 0.0739. The molecule has 0 aliphatic heterocycles. The largest absolute Gasteiger partial charge is 0.490 e. The monoisotopic (exact) mass is 394 g/mol. The maximum atomic E-state index is 14.3. The average Bonchev–Trinajstić information content (AvgIpc) is 2.71. The van der Waals surface area contributed by atoms with Crippen LogP contribution in [0.5, 0.6) is 11.5 Å². The number of hydrogen-bond donors (Lipinski definition) is 0. The minimum absolute atomic E-state index is 0.00844. The topological polar surface area (TPSA) is 18.5 Å². The van der Waals surface area contributed by atoms with Crippen molar-refractivity contribution in [2.24, 2.45) is 23.7 Å². The maximum absolute atomic E-state index is 14.3. The van der Waals surface area contributed by atoms with E-state index in [1.807, 2.05) is 6.92 Å². The lowest BCUT2D eigenvalue weighted by Gasteiger charge is -2.42. The molecule has 0 heterocycles. The zero-order valence-corrected chi connectivity index (χ0v) is 17.5. The van der Waals surface area contributed by atoms with Crippen LogP contribution in [0.3, 0.4) is 0 Å². The van der Waals surface area contributed by atoms with Crippen molar-refractivity contribution in [1.82, 2.24) is 0 Å². The van der Waals surface area contributed by atoms with Gasteiger partial charge in [-0.25, -0.2) is 0 Å². The molecular formula is C24H36F2O2. The van der Waals surface area contributed by atoms with Crippen LogP contribution in [-0.4, -0.2) is 13.2 Å². The molecule has 2 nitrogen and oxygen atoms in total. The van der Waals surface area contributed by atoms with Gasteiger partial charge in [0.1, 0.15) is 0 Å². The summed E-state index contributed by atoms with van der Waals surface area (Å²) in [5, 5.41) is 0. The molecule has 28 heavy (non-hydrogen) atoms. The van der Waals surface area contributed by atoms with Gasteiger partial charge in [0.25, 0.3) is 0 Å². The summed E-state index contributed by atoms with van der Waals surface area (Å²) in [6.07, 6.45) is 12.1. The quantitative estimate of drug-likeness (QED) is 0.414. The zero-order valence-electron chi connectivity index (χ0n) is 17.5. The van der Waals surface area contributed by atoms with E-state index >= 15 is 0 Å². The highest BCUT2D eigenvalue weighted by Gasteiger charge is 2.35. The summed E-state index contributed by atoms with van der Waals surface area (Å²) >= 11 is 0. The summed E-state index contributed by atoms with van der Waals surface area (Å²) in [5.41, 5.74) is 0. The highest BCUT2D eigenvalue weighted by Crippen LogP contribution is 2.45. The number of hydrogen-bond acceptors (Lipinski definition) is 2. The first kappa shape index (κ1) is 21.4. The summed E-state index contributed by atoms with van der Waals surface area (Å²) in [6.45, 7) is 5.19. The van der Waals surface area contributed by atoms with Gasteiger partial charge in [-0.15, -0.1) is 0 Å². The summed E-state index contributed by atoms with van der Waals surface area (Å²) in [5.74, 6) is 1.16. The van der Waals surface area contributed by atoms with Gasteiger partial charge in [-0.3, -0.25) is 0 Å². The van der Waals surface area contributed by atoms with Crippen LogP contribution in [0.15, 0.2) is 12.1 Å². The van der Waals surface area contributed by atoms with Crippen LogP contribution >= 0.6 is 0 Å². The van der Waals surface area contributed by atoms with E-state index in [0.717, 1.165) is 37.0 Å². The molecule has 1 aromatic carbocycles. The molecule has 1 aromatic rings. The molecule has 0 aromatic heterocycles. The van der Waals surface area contributed by atoms with Gasteiger partial charge in [-0.2, -0.15) is 8.78 Å². The van der Waals surface area contributed by atoms with Crippen LogP contribution in [0.2, 0.25) is 0 Å². The van der Waals surface area contributed by atoms with Crippen molar-refractivity contribution in [1.29, 1.82) is 0 Å². The van der Waals surface area contributed by atoms with Gasteiger partial charge in [-0.05, 0) is 74.3 Å². The molecule has 0 spiro atoms. The Kier molecular flexibility index (Phi) is 7.99. The minimum Gasteiger partial charge on any atom is -0.490 e. The van der Waals surface area contributed by atoms with Crippen LogP contribution in [0.1, 0.15) is 78.1 Å². The van der Waals surface area contributed by atoms with Crippen LogP contribution in [-0.2, 0) is 0 Å². The Morgan fingerprint density at radius 2 is 1.43 bits per heavy atom. The van der Waals surface area contributed by atoms with Gasteiger partial charge in [0.15, 0.2) is 11.5 Å². The Balaban J connectivity index is 1.49. The van der Waals surface area contributed by atoms with Crippen LogP contribution in [0.4, 0.5) is 8.78 Å².